The summed E-state index contributed by atoms with van der Waals surface area (Å²) >= 11 is 1.70. The van der Waals surface area contributed by atoms with E-state index in [-0.39, 0.29) is 11.2 Å². The minimum absolute atomic E-state index is 0.0864. The van der Waals surface area contributed by atoms with Gasteiger partial charge in [0.25, 0.3) is 0 Å². The lowest BCUT2D eigenvalue weighted by atomic mass is 9.82. The molecule has 1 N–H and O–H groups in total. The molecule has 5 heteroatoms. The molecule has 0 radical (unpaired) electrons. The van der Waals surface area contributed by atoms with Crippen molar-refractivity contribution >= 4 is 23.6 Å². The highest BCUT2D eigenvalue weighted by molar-refractivity contribution is 8.00. The van der Waals surface area contributed by atoms with Crippen LogP contribution >= 0.6 is 11.8 Å². The highest BCUT2D eigenvalue weighted by atomic mass is 32.2. The molecule has 2 aliphatic heterocycles. The third kappa shape index (κ3) is 1.85. The number of nitrogens with zero attached hydrogens (tertiary/aromatic N) is 1. The van der Waals surface area contributed by atoms with Gasteiger partial charge in [-0.25, -0.2) is 0 Å². The zero-order valence-corrected chi connectivity index (χ0v) is 9.55. The van der Waals surface area contributed by atoms with E-state index in [1.54, 1.807) is 23.6 Å². The highest BCUT2D eigenvalue weighted by Crippen LogP contribution is 2.34. The van der Waals surface area contributed by atoms with Crippen LogP contribution in [0.25, 0.3) is 0 Å². The first-order valence-electron chi connectivity index (χ1n) is 5.17. The standard InChI is InChI=1S/C10H15NO3S/c1-10(9(13)14)5-11(6-10)8(12)7-3-2-4-15-7/h7H,2-6H2,1H3,(H,13,14). The number of carbonyl (C=O) groups is 2. The normalized spacial score (nSPS) is 28.6. The predicted octanol–water partition coefficient (Wildman–Crippen LogP) is 0.815. The zero-order chi connectivity index (χ0) is 11.1. The summed E-state index contributed by atoms with van der Waals surface area (Å²) < 4.78 is 0. The fourth-order valence-electron chi connectivity index (χ4n) is 2.06. The van der Waals surface area contributed by atoms with Crippen LogP contribution in [-0.2, 0) is 9.59 Å². The van der Waals surface area contributed by atoms with Gasteiger partial charge in [0.15, 0.2) is 0 Å². The summed E-state index contributed by atoms with van der Waals surface area (Å²) in [5.41, 5.74) is -0.709. The lowest BCUT2D eigenvalue weighted by Gasteiger charge is -2.45. The van der Waals surface area contributed by atoms with E-state index in [9.17, 15) is 9.59 Å². The second-order valence-electron chi connectivity index (χ2n) is 4.56. The maximum Gasteiger partial charge on any atom is 0.312 e. The first kappa shape index (κ1) is 10.8. The molecule has 15 heavy (non-hydrogen) atoms. The second-order valence-corrected chi connectivity index (χ2v) is 5.87. The molecule has 1 amide bonds. The van der Waals surface area contributed by atoms with E-state index < -0.39 is 11.4 Å². The lowest BCUT2D eigenvalue weighted by molar-refractivity contribution is -0.163. The summed E-state index contributed by atoms with van der Waals surface area (Å²) in [7, 11) is 0. The third-order valence-electron chi connectivity index (χ3n) is 3.11. The van der Waals surface area contributed by atoms with Gasteiger partial charge in [-0.1, -0.05) is 0 Å². The molecule has 0 aliphatic carbocycles. The fourth-order valence-corrected chi connectivity index (χ4v) is 3.31. The SMILES string of the molecule is CC1(C(=O)O)CN(C(=O)C2CCCS2)C1. The number of carboxylic acids is 1. The van der Waals surface area contributed by atoms with E-state index in [1.807, 2.05) is 0 Å². The molecule has 2 aliphatic rings. The van der Waals surface area contributed by atoms with Crippen LogP contribution in [0.5, 0.6) is 0 Å². The predicted molar refractivity (Wildman–Crippen MR) is 57.8 cm³/mol. The molecule has 84 valence electrons. The van der Waals surface area contributed by atoms with Gasteiger partial charge < -0.3 is 10.0 Å². The molecular formula is C10H15NO3S. The number of aliphatic carboxylic acids is 1. The molecule has 0 spiro atoms. The smallest absolute Gasteiger partial charge is 0.312 e. The van der Waals surface area contributed by atoms with Crippen LogP contribution in [0.2, 0.25) is 0 Å². The third-order valence-corrected chi connectivity index (χ3v) is 4.48. The lowest BCUT2D eigenvalue weighted by Crippen LogP contribution is -2.61. The van der Waals surface area contributed by atoms with Crippen LogP contribution < -0.4 is 0 Å². The van der Waals surface area contributed by atoms with Crippen molar-refractivity contribution in [2.24, 2.45) is 5.41 Å². The minimum Gasteiger partial charge on any atom is -0.481 e. The van der Waals surface area contributed by atoms with Crippen LogP contribution in [0.3, 0.4) is 0 Å². The Morgan fingerprint density at radius 2 is 2.13 bits per heavy atom. The Kier molecular flexibility index (Phi) is 2.66. The molecule has 0 aromatic rings. The van der Waals surface area contributed by atoms with Gasteiger partial charge in [0.05, 0.1) is 10.7 Å². The Hall–Kier alpha value is -0.710. The van der Waals surface area contributed by atoms with Crippen LogP contribution in [0.4, 0.5) is 0 Å². The number of amides is 1. The summed E-state index contributed by atoms with van der Waals surface area (Å²) in [6, 6.07) is 0. The summed E-state index contributed by atoms with van der Waals surface area (Å²) in [6.45, 7) is 2.44. The fraction of sp³-hybridized carbons (Fsp3) is 0.800. The molecule has 0 bridgehead atoms. The van der Waals surface area contributed by atoms with Gasteiger partial charge in [0.1, 0.15) is 0 Å². The largest absolute Gasteiger partial charge is 0.481 e. The van der Waals surface area contributed by atoms with E-state index in [0.29, 0.717) is 13.1 Å². The first-order chi connectivity index (χ1) is 7.03. The number of likely N-dealkylation sites (tertiary alicyclic amines) is 1. The van der Waals surface area contributed by atoms with E-state index in [1.165, 1.54) is 0 Å². The van der Waals surface area contributed by atoms with Crippen molar-refractivity contribution < 1.29 is 14.7 Å². The molecule has 0 aromatic heterocycles. The van der Waals surface area contributed by atoms with Crippen LogP contribution in [0.15, 0.2) is 0 Å². The van der Waals surface area contributed by atoms with Crippen molar-refractivity contribution in [3.63, 3.8) is 0 Å². The Morgan fingerprint density at radius 1 is 1.47 bits per heavy atom. The maximum atomic E-state index is 11.9. The number of carbonyl (C=O) groups excluding carboxylic acids is 1. The van der Waals surface area contributed by atoms with Gasteiger partial charge in [-0.3, -0.25) is 9.59 Å². The Balaban J connectivity index is 1.88. The molecule has 2 heterocycles. The molecule has 4 nitrogen and oxygen atoms in total. The van der Waals surface area contributed by atoms with Crippen molar-refractivity contribution in [3.8, 4) is 0 Å². The van der Waals surface area contributed by atoms with Gasteiger partial charge in [0.2, 0.25) is 5.91 Å². The quantitative estimate of drug-likeness (QED) is 0.761. The van der Waals surface area contributed by atoms with Crippen molar-refractivity contribution in [2.45, 2.75) is 25.0 Å². The molecule has 0 saturated carbocycles. The number of hydrogen-bond acceptors (Lipinski definition) is 3. The van der Waals surface area contributed by atoms with Crippen molar-refractivity contribution in [2.75, 3.05) is 18.8 Å². The van der Waals surface area contributed by atoms with Gasteiger partial charge >= 0.3 is 5.97 Å². The molecule has 1 atom stereocenters. The minimum atomic E-state index is -0.800. The summed E-state index contributed by atoms with van der Waals surface area (Å²) in [5, 5.41) is 9.00. The molecule has 0 aromatic carbocycles. The average molecular weight is 229 g/mol. The van der Waals surface area contributed by atoms with Crippen molar-refractivity contribution in [1.82, 2.24) is 4.90 Å². The molecule has 1 unspecified atom stereocenters. The van der Waals surface area contributed by atoms with Gasteiger partial charge in [-0.15, -0.1) is 11.8 Å². The van der Waals surface area contributed by atoms with E-state index >= 15 is 0 Å². The van der Waals surface area contributed by atoms with Crippen molar-refractivity contribution in [3.05, 3.63) is 0 Å². The Morgan fingerprint density at radius 3 is 2.60 bits per heavy atom. The highest BCUT2D eigenvalue weighted by Gasteiger charge is 2.48. The molecule has 2 fully saturated rings. The molecule has 2 saturated heterocycles. The van der Waals surface area contributed by atoms with Gasteiger partial charge in [-0.2, -0.15) is 0 Å². The second kappa shape index (κ2) is 3.70. The zero-order valence-electron chi connectivity index (χ0n) is 8.73. The topological polar surface area (TPSA) is 57.6 Å². The van der Waals surface area contributed by atoms with Gasteiger partial charge in [-0.05, 0) is 25.5 Å². The number of hydrogen-bond donors (Lipinski definition) is 1. The van der Waals surface area contributed by atoms with E-state index in [0.717, 1.165) is 18.6 Å². The summed E-state index contributed by atoms with van der Waals surface area (Å²) in [5.74, 6) is 0.391. The number of rotatable bonds is 2. The van der Waals surface area contributed by atoms with Crippen LogP contribution in [-0.4, -0.2) is 46.0 Å². The van der Waals surface area contributed by atoms with Gasteiger partial charge in [0, 0.05) is 13.1 Å². The maximum absolute atomic E-state index is 11.9. The van der Waals surface area contributed by atoms with Crippen molar-refractivity contribution in [1.29, 1.82) is 0 Å². The Labute approximate surface area is 93.0 Å². The summed E-state index contributed by atoms with van der Waals surface area (Å²) in [6.07, 6.45) is 2.05. The monoisotopic (exact) mass is 229 g/mol. The van der Waals surface area contributed by atoms with Crippen LogP contribution in [0, 0.1) is 5.41 Å². The number of carboxylic acid groups (broad SMARTS) is 1. The number of thioether (sulfide) groups is 1. The van der Waals surface area contributed by atoms with Crippen LogP contribution in [0.1, 0.15) is 19.8 Å². The van der Waals surface area contributed by atoms with E-state index in [4.69, 9.17) is 5.11 Å². The average Bonchev–Trinajstić information content (AvgIpc) is 2.64. The van der Waals surface area contributed by atoms with E-state index in [2.05, 4.69) is 0 Å². The first-order valence-corrected chi connectivity index (χ1v) is 6.22. The Bertz CT molecular complexity index is 293. The molecular weight excluding hydrogens is 214 g/mol. The molecule has 2 rings (SSSR count). The summed E-state index contributed by atoms with van der Waals surface area (Å²) in [4.78, 5) is 24.4.